The second kappa shape index (κ2) is 7.85. The van der Waals surface area contributed by atoms with E-state index in [-0.39, 0.29) is 37.3 Å². The minimum absolute atomic E-state index is 0.0183. The molecule has 6 heteroatoms. The lowest BCUT2D eigenvalue weighted by Crippen LogP contribution is -2.13. The number of alkyl halides is 1. The number of aromatic nitrogens is 1. The lowest BCUT2D eigenvalue weighted by atomic mass is 10.1. The Hall–Kier alpha value is -1.62. The van der Waals surface area contributed by atoms with Gasteiger partial charge in [0.05, 0.1) is 5.69 Å². The van der Waals surface area contributed by atoms with Crippen LogP contribution in [-0.4, -0.2) is 16.9 Å². The van der Waals surface area contributed by atoms with E-state index in [0.29, 0.717) is 22.6 Å². The third-order valence-electron chi connectivity index (χ3n) is 2.72. The molecule has 1 rings (SSSR count). The van der Waals surface area contributed by atoms with E-state index in [1.54, 1.807) is 27.0 Å². The van der Waals surface area contributed by atoms with Crippen molar-refractivity contribution in [1.82, 2.24) is 4.98 Å². The molecule has 0 aliphatic carbocycles. The van der Waals surface area contributed by atoms with Gasteiger partial charge in [-0.3, -0.25) is 14.6 Å². The number of nitrogens with zero attached hydrogens (tertiary/aromatic N) is 1. The van der Waals surface area contributed by atoms with Crippen LogP contribution in [0.15, 0.2) is 6.20 Å². The third kappa shape index (κ3) is 4.20. The number of rotatable bonds is 6. The molecule has 0 aliphatic heterocycles. The Labute approximate surface area is 123 Å². The maximum absolute atomic E-state index is 11.5. The van der Waals surface area contributed by atoms with E-state index < -0.39 is 0 Å². The van der Waals surface area contributed by atoms with E-state index in [4.69, 9.17) is 21.1 Å². The molecule has 0 unspecified atom stereocenters. The number of hydrogen-bond donors (Lipinski definition) is 0. The van der Waals surface area contributed by atoms with Gasteiger partial charge in [0.25, 0.3) is 0 Å². The number of hydrogen-bond acceptors (Lipinski definition) is 5. The van der Waals surface area contributed by atoms with Crippen molar-refractivity contribution >= 4 is 23.5 Å². The summed E-state index contributed by atoms with van der Waals surface area (Å²) in [5.74, 6) is -0.167. The number of esters is 2. The van der Waals surface area contributed by atoms with Crippen LogP contribution in [0, 0.1) is 6.92 Å². The van der Waals surface area contributed by atoms with Crippen LogP contribution in [-0.2, 0) is 26.8 Å². The van der Waals surface area contributed by atoms with Gasteiger partial charge in [-0.1, -0.05) is 13.8 Å². The number of aryl methyl sites for hydroxylation is 1. The molecule has 0 amide bonds. The van der Waals surface area contributed by atoms with E-state index in [1.807, 2.05) is 0 Å². The van der Waals surface area contributed by atoms with Gasteiger partial charge < -0.3 is 9.47 Å². The summed E-state index contributed by atoms with van der Waals surface area (Å²) >= 11 is 5.86. The summed E-state index contributed by atoms with van der Waals surface area (Å²) in [5, 5.41) is 0. The van der Waals surface area contributed by atoms with E-state index in [9.17, 15) is 9.59 Å². The minimum atomic E-state index is -0.371. The highest BCUT2D eigenvalue weighted by Crippen LogP contribution is 2.27. The molecule has 20 heavy (non-hydrogen) atoms. The first-order chi connectivity index (χ1) is 9.53. The molecule has 0 bridgehead atoms. The fraction of sp³-hybridized carbons (Fsp3) is 0.500. The molecular formula is C14H18ClNO4. The maximum Gasteiger partial charge on any atom is 0.310 e. The van der Waals surface area contributed by atoms with Gasteiger partial charge in [0, 0.05) is 30.5 Å². The predicted molar refractivity (Wildman–Crippen MR) is 74.5 cm³/mol. The van der Waals surface area contributed by atoms with Crippen molar-refractivity contribution in [2.45, 2.75) is 46.1 Å². The highest BCUT2D eigenvalue weighted by molar-refractivity contribution is 6.17. The van der Waals surface area contributed by atoms with Gasteiger partial charge in [0.2, 0.25) is 0 Å². The van der Waals surface area contributed by atoms with Crippen LogP contribution in [0.25, 0.3) is 0 Å². The normalized spacial score (nSPS) is 10.2. The van der Waals surface area contributed by atoms with Crippen LogP contribution in [0.2, 0.25) is 0 Å². The van der Waals surface area contributed by atoms with Crippen LogP contribution < -0.4 is 4.74 Å². The number of carbonyl (C=O) groups excluding carboxylic acids is 2. The fourth-order valence-corrected chi connectivity index (χ4v) is 1.76. The van der Waals surface area contributed by atoms with E-state index >= 15 is 0 Å². The smallest absolute Gasteiger partial charge is 0.310 e. The van der Waals surface area contributed by atoms with Gasteiger partial charge in [-0.05, 0) is 12.5 Å². The standard InChI is InChI=1S/C14H18ClNO4/c1-4-12(17)19-8-11-10(6-15)7-16-9(3)14(11)20-13(18)5-2/h7H,4-6,8H2,1-3H3. The van der Waals surface area contributed by atoms with Crippen molar-refractivity contribution < 1.29 is 19.1 Å². The molecular weight excluding hydrogens is 282 g/mol. The second-order valence-corrected chi connectivity index (χ2v) is 4.42. The maximum atomic E-state index is 11.5. The largest absolute Gasteiger partial charge is 0.461 e. The SMILES string of the molecule is CCC(=O)OCc1c(CCl)cnc(C)c1OC(=O)CC. The Morgan fingerprint density at radius 2 is 1.90 bits per heavy atom. The first-order valence-electron chi connectivity index (χ1n) is 6.43. The summed E-state index contributed by atoms with van der Waals surface area (Å²) in [7, 11) is 0. The summed E-state index contributed by atoms with van der Waals surface area (Å²) < 4.78 is 10.4. The quantitative estimate of drug-likeness (QED) is 0.597. The highest BCUT2D eigenvalue weighted by atomic mass is 35.5. The third-order valence-corrected chi connectivity index (χ3v) is 3.01. The molecule has 0 aromatic carbocycles. The number of carbonyl (C=O) groups is 2. The van der Waals surface area contributed by atoms with Crippen LogP contribution in [0.3, 0.4) is 0 Å². The summed E-state index contributed by atoms with van der Waals surface area (Å²) in [6.07, 6.45) is 2.13. The van der Waals surface area contributed by atoms with Crippen molar-refractivity contribution in [1.29, 1.82) is 0 Å². The van der Waals surface area contributed by atoms with Crippen molar-refractivity contribution in [2.75, 3.05) is 0 Å². The van der Waals surface area contributed by atoms with Gasteiger partial charge in [0.1, 0.15) is 6.61 Å². The summed E-state index contributed by atoms with van der Waals surface area (Å²) in [4.78, 5) is 26.9. The molecule has 0 saturated heterocycles. The van der Waals surface area contributed by atoms with Crippen LogP contribution >= 0.6 is 11.6 Å². The molecule has 0 atom stereocenters. The van der Waals surface area contributed by atoms with Crippen molar-refractivity contribution in [3.63, 3.8) is 0 Å². The highest BCUT2D eigenvalue weighted by Gasteiger charge is 2.17. The van der Waals surface area contributed by atoms with Gasteiger partial charge in [-0.15, -0.1) is 11.6 Å². The summed E-state index contributed by atoms with van der Waals surface area (Å²) in [5.41, 5.74) is 1.83. The molecule has 110 valence electrons. The molecule has 1 aromatic rings. The van der Waals surface area contributed by atoms with Crippen LogP contribution in [0.1, 0.15) is 43.5 Å². The van der Waals surface area contributed by atoms with Gasteiger partial charge in [-0.2, -0.15) is 0 Å². The number of halogens is 1. The molecule has 0 fully saturated rings. The van der Waals surface area contributed by atoms with Gasteiger partial charge in [0.15, 0.2) is 5.75 Å². The van der Waals surface area contributed by atoms with Crippen molar-refractivity contribution in [3.05, 3.63) is 23.0 Å². The van der Waals surface area contributed by atoms with Crippen LogP contribution in [0.5, 0.6) is 5.75 Å². The fourth-order valence-electron chi connectivity index (χ4n) is 1.53. The molecule has 1 aromatic heterocycles. The van der Waals surface area contributed by atoms with E-state index in [0.717, 1.165) is 0 Å². The Morgan fingerprint density at radius 3 is 2.45 bits per heavy atom. The monoisotopic (exact) mass is 299 g/mol. The predicted octanol–water partition coefficient (Wildman–Crippen LogP) is 2.90. The lowest BCUT2D eigenvalue weighted by molar-refractivity contribution is -0.144. The number of pyridine rings is 1. The molecule has 0 N–H and O–H groups in total. The van der Waals surface area contributed by atoms with Crippen molar-refractivity contribution in [2.24, 2.45) is 0 Å². The Morgan fingerprint density at radius 1 is 1.25 bits per heavy atom. The molecule has 5 nitrogen and oxygen atoms in total. The topological polar surface area (TPSA) is 65.5 Å². The van der Waals surface area contributed by atoms with Crippen molar-refractivity contribution in [3.8, 4) is 5.75 Å². The minimum Gasteiger partial charge on any atom is -0.461 e. The molecule has 1 heterocycles. The van der Waals surface area contributed by atoms with E-state index in [2.05, 4.69) is 4.98 Å². The average Bonchev–Trinajstić information content (AvgIpc) is 2.47. The van der Waals surface area contributed by atoms with E-state index in [1.165, 1.54) is 0 Å². The zero-order chi connectivity index (χ0) is 15.1. The first-order valence-corrected chi connectivity index (χ1v) is 6.96. The Bertz CT molecular complexity index is 502. The second-order valence-electron chi connectivity index (χ2n) is 4.15. The number of ether oxygens (including phenoxy) is 2. The lowest BCUT2D eigenvalue weighted by Gasteiger charge is -2.15. The Kier molecular flexibility index (Phi) is 6.45. The van der Waals surface area contributed by atoms with Crippen LogP contribution in [0.4, 0.5) is 0 Å². The Balaban J connectivity index is 3.11. The van der Waals surface area contributed by atoms with Gasteiger partial charge >= 0.3 is 11.9 Å². The molecule has 0 saturated carbocycles. The molecule has 0 radical (unpaired) electrons. The molecule has 0 spiro atoms. The zero-order valence-electron chi connectivity index (χ0n) is 11.9. The summed E-state index contributed by atoms with van der Waals surface area (Å²) in [6, 6.07) is 0. The molecule has 0 aliphatic rings. The summed E-state index contributed by atoms with van der Waals surface area (Å²) in [6.45, 7) is 5.15. The zero-order valence-corrected chi connectivity index (χ0v) is 12.6. The average molecular weight is 300 g/mol. The van der Waals surface area contributed by atoms with Gasteiger partial charge in [-0.25, -0.2) is 0 Å². The first kappa shape index (κ1) is 16.4.